The molecule has 3 rings (SSSR count). The summed E-state index contributed by atoms with van der Waals surface area (Å²) in [5, 5.41) is 6.41. The van der Waals surface area contributed by atoms with E-state index in [9.17, 15) is 0 Å². The van der Waals surface area contributed by atoms with Gasteiger partial charge < -0.3 is 20.3 Å². The number of likely N-dealkylation sites (N-methyl/N-ethyl adjacent to an activating group) is 1. The average molecular weight is 447 g/mol. The van der Waals surface area contributed by atoms with Crippen molar-refractivity contribution in [2.24, 2.45) is 0 Å². The molecule has 0 aromatic carbocycles. The molecular weight excluding hydrogens is 425 g/mol. The van der Waals surface area contributed by atoms with Gasteiger partial charge in [0, 0.05) is 18.7 Å². The van der Waals surface area contributed by atoms with Gasteiger partial charge in [-0.3, -0.25) is 0 Å². The lowest BCUT2D eigenvalue weighted by Crippen LogP contribution is -2.42. The van der Waals surface area contributed by atoms with Crippen molar-refractivity contribution in [3.63, 3.8) is 0 Å². The monoisotopic (exact) mass is 445 g/mol. The number of hydrogen-bond donors (Lipinski definition) is 2. The quantitative estimate of drug-likeness (QED) is 0.649. The fraction of sp³-hybridized carbons (Fsp3) is 0.529. The minimum Gasteiger partial charge on any atom is -0.481 e. The molecule has 28 heavy (non-hydrogen) atoms. The molecule has 0 amide bonds. The van der Waals surface area contributed by atoms with Gasteiger partial charge >= 0.3 is 0 Å². The van der Waals surface area contributed by atoms with E-state index in [1.54, 1.807) is 25.4 Å². The van der Waals surface area contributed by atoms with Crippen molar-refractivity contribution in [2.45, 2.75) is 29.6 Å². The molecule has 0 bridgehead atoms. The Kier molecular flexibility index (Phi) is 6.98. The van der Waals surface area contributed by atoms with Crippen LogP contribution in [0.2, 0.25) is 0 Å². The molecular formula is C17H22Cl3N7O. The highest BCUT2D eigenvalue weighted by molar-refractivity contribution is 6.66. The van der Waals surface area contributed by atoms with Gasteiger partial charge in [-0.2, -0.15) is 15.0 Å². The van der Waals surface area contributed by atoms with Gasteiger partial charge in [-0.25, -0.2) is 4.98 Å². The van der Waals surface area contributed by atoms with Gasteiger partial charge in [0.05, 0.1) is 19.0 Å². The van der Waals surface area contributed by atoms with Crippen molar-refractivity contribution < 1.29 is 4.74 Å². The van der Waals surface area contributed by atoms with Gasteiger partial charge in [0.1, 0.15) is 0 Å². The molecule has 1 fully saturated rings. The van der Waals surface area contributed by atoms with E-state index in [1.165, 1.54) is 0 Å². The number of likely N-dealkylation sites (tertiary alicyclic amines) is 1. The molecule has 1 saturated heterocycles. The molecule has 2 aromatic heterocycles. The lowest BCUT2D eigenvalue weighted by Gasteiger charge is -2.32. The van der Waals surface area contributed by atoms with Crippen LogP contribution in [0.25, 0.3) is 0 Å². The van der Waals surface area contributed by atoms with E-state index < -0.39 is 3.79 Å². The third-order valence-electron chi connectivity index (χ3n) is 4.38. The first-order chi connectivity index (χ1) is 13.4. The number of halogens is 3. The van der Waals surface area contributed by atoms with Crippen LogP contribution in [0.1, 0.15) is 25.6 Å². The molecule has 1 aliphatic heterocycles. The molecule has 2 N–H and O–H groups in total. The van der Waals surface area contributed by atoms with Crippen molar-refractivity contribution in [1.29, 1.82) is 0 Å². The Labute approximate surface area is 179 Å². The normalized spacial score (nSPS) is 18.0. The summed E-state index contributed by atoms with van der Waals surface area (Å²) in [6, 6.07) is 3.73. The van der Waals surface area contributed by atoms with Gasteiger partial charge in [0.15, 0.2) is 5.82 Å². The second-order valence-corrected chi connectivity index (χ2v) is 8.68. The highest BCUT2D eigenvalue weighted by Crippen LogP contribution is 2.36. The highest BCUT2D eigenvalue weighted by Gasteiger charge is 2.29. The molecule has 8 nitrogen and oxygen atoms in total. The number of nitrogens with zero attached hydrogens (tertiary/aromatic N) is 5. The number of piperidine rings is 1. The van der Waals surface area contributed by atoms with Crippen LogP contribution < -0.4 is 15.4 Å². The number of methoxy groups -OCH3 is 1. The summed E-state index contributed by atoms with van der Waals surface area (Å²) < 4.78 is 3.29. The number of aromatic nitrogens is 4. The minimum atomic E-state index is -1.77. The summed E-state index contributed by atoms with van der Waals surface area (Å²) in [4.78, 5) is 19.5. The first-order valence-electron chi connectivity index (χ1n) is 8.96. The van der Waals surface area contributed by atoms with Crippen LogP contribution in [0.3, 0.4) is 0 Å². The van der Waals surface area contributed by atoms with E-state index in [2.05, 4.69) is 42.4 Å². The lowest BCUT2D eigenvalue weighted by molar-refractivity contribution is 0.226. The molecule has 2 aromatic rings. The van der Waals surface area contributed by atoms with Crippen molar-refractivity contribution in [3.8, 4) is 5.88 Å². The second-order valence-electron chi connectivity index (χ2n) is 6.39. The number of hydrogen-bond acceptors (Lipinski definition) is 8. The van der Waals surface area contributed by atoms with Crippen LogP contribution in [-0.2, 0) is 3.79 Å². The van der Waals surface area contributed by atoms with Gasteiger partial charge in [-0.15, -0.1) is 0 Å². The predicted molar refractivity (Wildman–Crippen MR) is 112 cm³/mol. The lowest BCUT2D eigenvalue weighted by atomic mass is 10.1. The van der Waals surface area contributed by atoms with Crippen molar-refractivity contribution in [2.75, 3.05) is 37.4 Å². The van der Waals surface area contributed by atoms with Crippen LogP contribution in [0.5, 0.6) is 5.88 Å². The van der Waals surface area contributed by atoms with Gasteiger partial charge in [0.25, 0.3) is 0 Å². The number of alkyl halides is 3. The summed E-state index contributed by atoms with van der Waals surface area (Å²) in [5.41, 5.74) is 0.669. The van der Waals surface area contributed by atoms with Crippen LogP contribution >= 0.6 is 34.8 Å². The maximum Gasteiger partial charge on any atom is 0.250 e. The summed E-state index contributed by atoms with van der Waals surface area (Å²) in [6.45, 7) is 5.17. The molecule has 11 heteroatoms. The Morgan fingerprint density at radius 1 is 1.21 bits per heavy atom. The fourth-order valence-corrected chi connectivity index (χ4v) is 3.22. The van der Waals surface area contributed by atoms with E-state index >= 15 is 0 Å². The summed E-state index contributed by atoms with van der Waals surface area (Å²) in [7, 11) is 1.55. The summed E-state index contributed by atoms with van der Waals surface area (Å²) in [6.07, 6.45) is 3.73. The average Bonchev–Trinajstić information content (AvgIpc) is 2.68. The number of rotatable bonds is 6. The standard InChI is InChI=1S/C17H22Cl3N7O/c1-3-27-8-4-5-12(10-27)23-16-25-14(17(18,19)20)24-15(26-16)22-11-6-7-13(28-2)21-9-11/h6-7,9,12H,3-5,8,10H2,1-2H3,(H2,22,23,24,25,26). The minimum absolute atomic E-state index is 0.0436. The smallest absolute Gasteiger partial charge is 0.250 e. The van der Waals surface area contributed by atoms with Crippen LogP contribution in [-0.4, -0.2) is 57.6 Å². The molecule has 0 radical (unpaired) electrons. The third kappa shape index (κ3) is 5.70. The molecule has 0 spiro atoms. The summed E-state index contributed by atoms with van der Waals surface area (Å²) in [5.74, 6) is 1.17. The molecule has 3 heterocycles. The van der Waals surface area contributed by atoms with Crippen LogP contribution in [0.4, 0.5) is 17.6 Å². The number of pyridine rings is 1. The number of nitrogens with one attached hydrogen (secondary N) is 2. The van der Waals surface area contributed by atoms with E-state index in [4.69, 9.17) is 39.5 Å². The maximum absolute atomic E-state index is 6.02. The van der Waals surface area contributed by atoms with Gasteiger partial charge in [-0.05, 0) is 32.0 Å². The number of ether oxygens (including phenoxy) is 1. The first-order valence-corrected chi connectivity index (χ1v) is 10.1. The molecule has 0 saturated carbocycles. The highest BCUT2D eigenvalue weighted by atomic mass is 35.6. The van der Waals surface area contributed by atoms with Crippen LogP contribution in [0.15, 0.2) is 18.3 Å². The number of anilines is 3. The topological polar surface area (TPSA) is 88.1 Å². The third-order valence-corrected chi connectivity index (χ3v) is 4.88. The molecule has 1 atom stereocenters. The van der Waals surface area contributed by atoms with E-state index in [0.717, 1.165) is 32.5 Å². The van der Waals surface area contributed by atoms with Crippen LogP contribution in [0, 0.1) is 0 Å². The Bertz CT molecular complexity index is 785. The Balaban J connectivity index is 1.82. The van der Waals surface area contributed by atoms with E-state index in [-0.39, 0.29) is 17.8 Å². The molecule has 0 aliphatic carbocycles. The fourth-order valence-electron chi connectivity index (χ4n) is 2.97. The first kappa shape index (κ1) is 21.1. The SMILES string of the molecule is CCN1CCCC(Nc2nc(Nc3ccc(OC)nc3)nc(C(Cl)(Cl)Cl)n2)C1. The van der Waals surface area contributed by atoms with Gasteiger partial charge in [0.2, 0.25) is 21.6 Å². The zero-order chi connectivity index (χ0) is 20.1. The molecule has 1 unspecified atom stereocenters. The van der Waals surface area contributed by atoms with Crippen molar-refractivity contribution in [3.05, 3.63) is 24.2 Å². The van der Waals surface area contributed by atoms with Gasteiger partial charge in [-0.1, -0.05) is 41.7 Å². The largest absolute Gasteiger partial charge is 0.481 e. The Hall–Kier alpha value is -1.61. The van der Waals surface area contributed by atoms with Crippen molar-refractivity contribution >= 4 is 52.4 Å². The predicted octanol–water partition coefficient (Wildman–Crippen LogP) is 3.74. The zero-order valence-electron chi connectivity index (χ0n) is 15.6. The van der Waals surface area contributed by atoms with Crippen molar-refractivity contribution in [1.82, 2.24) is 24.8 Å². The summed E-state index contributed by atoms with van der Waals surface area (Å²) >= 11 is 18.1. The maximum atomic E-state index is 6.02. The second kappa shape index (κ2) is 9.26. The Morgan fingerprint density at radius 2 is 2.00 bits per heavy atom. The zero-order valence-corrected chi connectivity index (χ0v) is 17.9. The Morgan fingerprint density at radius 3 is 2.64 bits per heavy atom. The van der Waals surface area contributed by atoms with E-state index in [0.29, 0.717) is 17.5 Å². The molecule has 1 aliphatic rings. The van der Waals surface area contributed by atoms with E-state index in [1.807, 2.05) is 0 Å². The molecule has 152 valence electrons.